The third-order valence-electron chi connectivity index (χ3n) is 3.78. The van der Waals surface area contributed by atoms with Crippen molar-refractivity contribution in [2.75, 3.05) is 30.4 Å². The molecule has 1 saturated heterocycles. The summed E-state index contributed by atoms with van der Waals surface area (Å²) < 4.78 is 10.3. The minimum Gasteiger partial charge on any atom is -0.467 e. The number of hydrogen-bond donors (Lipinski definition) is 1. The molecule has 0 radical (unpaired) electrons. The quantitative estimate of drug-likeness (QED) is 0.897. The molecule has 3 rings (SSSR count). The first-order valence-electron chi connectivity index (χ1n) is 7.95. The Kier molecular flexibility index (Phi) is 4.89. The molecule has 124 valence electrons. The minimum atomic E-state index is 0.318. The van der Waals surface area contributed by atoms with E-state index in [1.807, 2.05) is 13.0 Å². The number of aromatic nitrogens is 4. The van der Waals surface area contributed by atoms with E-state index in [0.717, 1.165) is 37.4 Å². The first kappa shape index (κ1) is 15.5. The number of rotatable bonds is 5. The van der Waals surface area contributed by atoms with Crippen molar-refractivity contribution in [2.45, 2.75) is 39.2 Å². The van der Waals surface area contributed by atoms with Gasteiger partial charge in [-0.1, -0.05) is 18.0 Å². The van der Waals surface area contributed by atoms with E-state index in [1.54, 1.807) is 7.11 Å². The average Bonchev–Trinajstić information content (AvgIpc) is 2.82. The molecule has 1 fully saturated rings. The van der Waals surface area contributed by atoms with Crippen molar-refractivity contribution in [1.82, 2.24) is 20.1 Å². The molecule has 23 heavy (non-hydrogen) atoms. The van der Waals surface area contributed by atoms with Crippen LogP contribution in [-0.2, 0) is 6.54 Å². The third-order valence-corrected chi connectivity index (χ3v) is 3.78. The Balaban J connectivity index is 1.75. The van der Waals surface area contributed by atoms with Crippen LogP contribution < -0.4 is 15.0 Å². The van der Waals surface area contributed by atoms with Gasteiger partial charge in [0.25, 0.3) is 0 Å². The molecule has 0 saturated carbocycles. The summed E-state index contributed by atoms with van der Waals surface area (Å²) >= 11 is 0. The van der Waals surface area contributed by atoms with Crippen molar-refractivity contribution < 1.29 is 9.26 Å². The van der Waals surface area contributed by atoms with Gasteiger partial charge in [-0.05, 0) is 19.8 Å². The largest absolute Gasteiger partial charge is 0.467 e. The lowest BCUT2D eigenvalue weighted by molar-refractivity contribution is 0.378. The van der Waals surface area contributed by atoms with Gasteiger partial charge in [-0.3, -0.25) is 0 Å². The molecule has 0 amide bonds. The van der Waals surface area contributed by atoms with Crippen LogP contribution in [0.3, 0.4) is 0 Å². The standard InChI is InChI=1S/C15H22N6O2/c1-11-9-12(20-23-11)10-16-13-17-14(19-15(18-13)22-2)21-7-5-3-4-6-8-21/h9H,3-8,10H2,1-2H3,(H,16,17,18,19). The van der Waals surface area contributed by atoms with E-state index in [9.17, 15) is 0 Å². The number of anilines is 2. The highest BCUT2D eigenvalue weighted by atomic mass is 16.5. The Morgan fingerprint density at radius 2 is 1.96 bits per heavy atom. The van der Waals surface area contributed by atoms with Crippen molar-refractivity contribution in [3.8, 4) is 6.01 Å². The molecule has 8 heteroatoms. The van der Waals surface area contributed by atoms with E-state index in [1.165, 1.54) is 12.8 Å². The summed E-state index contributed by atoms with van der Waals surface area (Å²) in [4.78, 5) is 15.4. The molecule has 0 spiro atoms. The number of methoxy groups -OCH3 is 1. The lowest BCUT2D eigenvalue weighted by Crippen LogP contribution is -2.26. The molecule has 0 bridgehead atoms. The van der Waals surface area contributed by atoms with E-state index in [0.29, 0.717) is 24.5 Å². The first-order valence-corrected chi connectivity index (χ1v) is 7.95. The zero-order valence-corrected chi connectivity index (χ0v) is 13.6. The molecule has 1 aliphatic heterocycles. The van der Waals surface area contributed by atoms with E-state index < -0.39 is 0 Å². The second-order valence-electron chi connectivity index (χ2n) is 5.63. The lowest BCUT2D eigenvalue weighted by atomic mass is 10.2. The summed E-state index contributed by atoms with van der Waals surface area (Å²) in [6.07, 6.45) is 4.84. The van der Waals surface area contributed by atoms with Crippen molar-refractivity contribution in [2.24, 2.45) is 0 Å². The van der Waals surface area contributed by atoms with Gasteiger partial charge in [-0.25, -0.2) is 0 Å². The zero-order chi connectivity index (χ0) is 16.1. The van der Waals surface area contributed by atoms with Crippen LogP contribution in [0.1, 0.15) is 37.1 Å². The molecule has 0 unspecified atom stereocenters. The number of ether oxygens (including phenoxy) is 1. The maximum atomic E-state index is 5.21. The normalized spacial score (nSPS) is 15.3. The number of nitrogens with one attached hydrogen (secondary N) is 1. The highest BCUT2D eigenvalue weighted by Gasteiger charge is 2.16. The van der Waals surface area contributed by atoms with Gasteiger partial charge in [0.2, 0.25) is 11.9 Å². The molecule has 0 aliphatic carbocycles. The average molecular weight is 318 g/mol. The molecule has 1 N–H and O–H groups in total. The topological polar surface area (TPSA) is 89.2 Å². The van der Waals surface area contributed by atoms with Gasteiger partial charge in [0, 0.05) is 19.2 Å². The fourth-order valence-corrected chi connectivity index (χ4v) is 2.60. The van der Waals surface area contributed by atoms with Crippen molar-refractivity contribution >= 4 is 11.9 Å². The summed E-state index contributed by atoms with van der Waals surface area (Å²) in [5.41, 5.74) is 0.804. The van der Waals surface area contributed by atoms with Crippen LogP contribution in [0.25, 0.3) is 0 Å². The molecule has 2 aromatic rings. The second kappa shape index (κ2) is 7.26. The SMILES string of the molecule is COc1nc(NCc2cc(C)on2)nc(N2CCCCCC2)n1. The smallest absolute Gasteiger partial charge is 0.322 e. The zero-order valence-electron chi connectivity index (χ0n) is 13.6. The monoisotopic (exact) mass is 318 g/mol. The molecule has 8 nitrogen and oxygen atoms in total. The van der Waals surface area contributed by atoms with Gasteiger partial charge in [-0.15, -0.1) is 0 Å². The van der Waals surface area contributed by atoms with Crippen LogP contribution in [0.15, 0.2) is 10.6 Å². The summed E-state index contributed by atoms with van der Waals surface area (Å²) in [6.45, 7) is 4.29. The van der Waals surface area contributed by atoms with Crippen LogP contribution in [0, 0.1) is 6.92 Å². The molecule has 1 aliphatic rings. The highest BCUT2D eigenvalue weighted by molar-refractivity contribution is 5.38. The van der Waals surface area contributed by atoms with Crippen molar-refractivity contribution in [1.29, 1.82) is 0 Å². The van der Waals surface area contributed by atoms with Crippen LogP contribution in [0.4, 0.5) is 11.9 Å². The molecular formula is C15H22N6O2. The Labute approximate surface area is 135 Å². The number of nitrogens with zero attached hydrogens (tertiary/aromatic N) is 5. The van der Waals surface area contributed by atoms with E-state index >= 15 is 0 Å². The van der Waals surface area contributed by atoms with E-state index in [-0.39, 0.29) is 0 Å². The molecule has 0 atom stereocenters. The Bertz CT molecular complexity index is 637. The fraction of sp³-hybridized carbons (Fsp3) is 0.600. The van der Waals surface area contributed by atoms with Gasteiger partial charge < -0.3 is 19.5 Å². The molecular weight excluding hydrogens is 296 g/mol. The Morgan fingerprint density at radius 1 is 1.17 bits per heavy atom. The van der Waals surface area contributed by atoms with Gasteiger partial charge in [-0.2, -0.15) is 15.0 Å². The van der Waals surface area contributed by atoms with Gasteiger partial charge in [0.1, 0.15) is 11.5 Å². The summed E-state index contributed by atoms with van der Waals surface area (Å²) in [5.74, 6) is 1.93. The Morgan fingerprint density at radius 3 is 2.61 bits per heavy atom. The predicted octanol–water partition coefficient (Wildman–Crippen LogP) is 2.17. The van der Waals surface area contributed by atoms with Gasteiger partial charge >= 0.3 is 6.01 Å². The molecule has 0 aromatic carbocycles. The van der Waals surface area contributed by atoms with E-state index in [2.05, 4.69) is 30.3 Å². The minimum absolute atomic E-state index is 0.318. The van der Waals surface area contributed by atoms with Gasteiger partial charge in [0.05, 0.1) is 13.7 Å². The van der Waals surface area contributed by atoms with Crippen LogP contribution in [0.2, 0.25) is 0 Å². The number of hydrogen-bond acceptors (Lipinski definition) is 8. The molecule has 3 heterocycles. The first-order chi connectivity index (χ1) is 11.2. The van der Waals surface area contributed by atoms with E-state index in [4.69, 9.17) is 9.26 Å². The lowest BCUT2D eigenvalue weighted by Gasteiger charge is -2.20. The maximum Gasteiger partial charge on any atom is 0.322 e. The van der Waals surface area contributed by atoms with Crippen molar-refractivity contribution in [3.63, 3.8) is 0 Å². The van der Waals surface area contributed by atoms with Crippen LogP contribution >= 0.6 is 0 Å². The van der Waals surface area contributed by atoms with Crippen LogP contribution in [-0.4, -0.2) is 40.3 Å². The van der Waals surface area contributed by atoms with Crippen molar-refractivity contribution in [3.05, 3.63) is 17.5 Å². The summed E-state index contributed by atoms with van der Waals surface area (Å²) in [5, 5.41) is 7.10. The highest BCUT2D eigenvalue weighted by Crippen LogP contribution is 2.19. The predicted molar refractivity (Wildman–Crippen MR) is 85.6 cm³/mol. The van der Waals surface area contributed by atoms with Crippen LogP contribution in [0.5, 0.6) is 6.01 Å². The second-order valence-corrected chi connectivity index (χ2v) is 5.63. The van der Waals surface area contributed by atoms with Gasteiger partial charge in [0.15, 0.2) is 0 Å². The Hall–Kier alpha value is -2.38. The summed E-state index contributed by atoms with van der Waals surface area (Å²) in [7, 11) is 1.56. The molecule has 2 aromatic heterocycles. The fourth-order valence-electron chi connectivity index (χ4n) is 2.60. The summed E-state index contributed by atoms with van der Waals surface area (Å²) in [6, 6.07) is 2.19. The maximum absolute atomic E-state index is 5.21. The third kappa shape index (κ3) is 4.08. The number of aryl methyl sites for hydroxylation is 1.